The Kier molecular flexibility index (Phi) is 4.24. The SMILES string of the molecule is C=CC(=O)N1CCC(C(=O)N2CC(C)(C)C2)(c2ccccc2)CC1. The van der Waals surface area contributed by atoms with E-state index in [0.717, 1.165) is 18.7 Å². The van der Waals surface area contributed by atoms with Crippen LogP contribution in [0.1, 0.15) is 32.3 Å². The van der Waals surface area contributed by atoms with E-state index in [-0.39, 0.29) is 17.2 Å². The second-order valence-electron chi connectivity index (χ2n) is 7.80. The molecule has 0 bridgehead atoms. The van der Waals surface area contributed by atoms with Gasteiger partial charge in [-0.25, -0.2) is 0 Å². The van der Waals surface area contributed by atoms with E-state index in [9.17, 15) is 9.59 Å². The fraction of sp³-hybridized carbons (Fsp3) is 0.500. The molecule has 2 aliphatic rings. The number of hydrogen-bond acceptors (Lipinski definition) is 2. The molecule has 0 radical (unpaired) electrons. The Bertz CT molecular complexity index is 635. The number of carbonyl (C=O) groups excluding carboxylic acids is 2. The van der Waals surface area contributed by atoms with Crippen molar-refractivity contribution in [3.63, 3.8) is 0 Å². The maximum atomic E-state index is 13.3. The monoisotopic (exact) mass is 326 g/mol. The molecule has 2 saturated heterocycles. The van der Waals surface area contributed by atoms with Crippen molar-refractivity contribution in [2.24, 2.45) is 5.41 Å². The molecule has 0 aliphatic carbocycles. The smallest absolute Gasteiger partial charge is 0.245 e. The summed E-state index contributed by atoms with van der Waals surface area (Å²) in [4.78, 5) is 29.0. The summed E-state index contributed by atoms with van der Waals surface area (Å²) in [5, 5.41) is 0. The lowest BCUT2D eigenvalue weighted by molar-refractivity contribution is -0.151. The molecular formula is C20H26N2O2. The molecule has 0 unspecified atom stereocenters. The average Bonchev–Trinajstić information content (AvgIpc) is 2.59. The topological polar surface area (TPSA) is 40.6 Å². The zero-order chi connectivity index (χ0) is 17.4. The van der Waals surface area contributed by atoms with Gasteiger partial charge in [0.05, 0.1) is 5.41 Å². The second kappa shape index (κ2) is 6.08. The predicted octanol–water partition coefficient (Wildman–Crippen LogP) is 2.60. The molecule has 0 aromatic heterocycles. The van der Waals surface area contributed by atoms with Crippen molar-refractivity contribution >= 4 is 11.8 Å². The summed E-state index contributed by atoms with van der Waals surface area (Å²) >= 11 is 0. The summed E-state index contributed by atoms with van der Waals surface area (Å²) in [5.41, 5.74) is 0.786. The Labute approximate surface area is 144 Å². The largest absolute Gasteiger partial charge is 0.341 e. The van der Waals surface area contributed by atoms with Gasteiger partial charge in [-0.15, -0.1) is 0 Å². The van der Waals surface area contributed by atoms with Gasteiger partial charge in [0.25, 0.3) is 0 Å². The molecule has 0 atom stereocenters. The Morgan fingerprint density at radius 2 is 1.62 bits per heavy atom. The normalized spacial score (nSPS) is 21.8. The van der Waals surface area contributed by atoms with Gasteiger partial charge in [0, 0.05) is 26.2 Å². The summed E-state index contributed by atoms with van der Waals surface area (Å²) in [6.07, 6.45) is 2.70. The standard InChI is InChI=1S/C20H26N2O2/c1-4-17(23)21-12-10-20(11-13-21,16-8-6-5-7-9-16)18(24)22-14-19(2,3)15-22/h4-9H,1,10-15H2,2-3H3. The van der Waals surface area contributed by atoms with Crippen molar-refractivity contribution in [3.05, 3.63) is 48.6 Å². The zero-order valence-electron chi connectivity index (χ0n) is 14.6. The molecule has 2 heterocycles. The third-order valence-corrected chi connectivity index (χ3v) is 5.36. The minimum Gasteiger partial charge on any atom is -0.341 e. The Morgan fingerprint density at radius 1 is 1.04 bits per heavy atom. The van der Waals surface area contributed by atoms with Crippen molar-refractivity contribution in [1.82, 2.24) is 9.80 Å². The van der Waals surface area contributed by atoms with Gasteiger partial charge in [-0.3, -0.25) is 9.59 Å². The summed E-state index contributed by atoms with van der Waals surface area (Å²) < 4.78 is 0. The highest BCUT2D eigenvalue weighted by Gasteiger charge is 2.49. The van der Waals surface area contributed by atoms with Crippen LogP contribution in [0.4, 0.5) is 0 Å². The van der Waals surface area contributed by atoms with Crippen LogP contribution in [0.5, 0.6) is 0 Å². The summed E-state index contributed by atoms with van der Waals surface area (Å²) in [6.45, 7) is 10.8. The second-order valence-corrected chi connectivity index (χ2v) is 7.80. The zero-order valence-corrected chi connectivity index (χ0v) is 14.6. The molecular weight excluding hydrogens is 300 g/mol. The average molecular weight is 326 g/mol. The van der Waals surface area contributed by atoms with Crippen LogP contribution >= 0.6 is 0 Å². The van der Waals surface area contributed by atoms with E-state index < -0.39 is 5.41 Å². The molecule has 4 heteroatoms. The van der Waals surface area contributed by atoms with Gasteiger partial charge in [-0.05, 0) is 29.9 Å². The lowest BCUT2D eigenvalue weighted by atomic mass is 9.70. The number of hydrogen-bond donors (Lipinski definition) is 0. The summed E-state index contributed by atoms with van der Waals surface area (Å²) in [6, 6.07) is 10.1. The van der Waals surface area contributed by atoms with E-state index in [2.05, 4.69) is 20.4 Å². The first-order valence-corrected chi connectivity index (χ1v) is 8.64. The van der Waals surface area contributed by atoms with E-state index in [1.807, 2.05) is 35.2 Å². The first kappa shape index (κ1) is 16.7. The van der Waals surface area contributed by atoms with Crippen LogP contribution in [0.3, 0.4) is 0 Å². The number of rotatable bonds is 3. The van der Waals surface area contributed by atoms with Gasteiger partial charge < -0.3 is 9.80 Å². The maximum absolute atomic E-state index is 13.3. The van der Waals surface area contributed by atoms with Gasteiger partial charge in [-0.2, -0.15) is 0 Å². The molecule has 128 valence electrons. The lowest BCUT2D eigenvalue weighted by Gasteiger charge is -2.51. The van der Waals surface area contributed by atoms with Crippen LogP contribution in [0.2, 0.25) is 0 Å². The van der Waals surface area contributed by atoms with Gasteiger partial charge in [0.15, 0.2) is 0 Å². The Balaban J connectivity index is 1.85. The number of piperidine rings is 1. The number of carbonyl (C=O) groups is 2. The highest BCUT2D eigenvalue weighted by atomic mass is 16.2. The maximum Gasteiger partial charge on any atom is 0.245 e. The quantitative estimate of drug-likeness (QED) is 0.801. The predicted molar refractivity (Wildman–Crippen MR) is 94.5 cm³/mol. The van der Waals surface area contributed by atoms with E-state index in [0.29, 0.717) is 25.9 Å². The summed E-state index contributed by atoms with van der Waals surface area (Å²) in [7, 11) is 0. The molecule has 0 N–H and O–H groups in total. The van der Waals surface area contributed by atoms with Gasteiger partial charge in [0.1, 0.15) is 0 Å². The molecule has 0 saturated carbocycles. The van der Waals surface area contributed by atoms with Gasteiger partial charge in [0.2, 0.25) is 11.8 Å². The molecule has 2 amide bonds. The molecule has 2 fully saturated rings. The van der Waals surface area contributed by atoms with Gasteiger partial charge in [-0.1, -0.05) is 50.8 Å². The number of likely N-dealkylation sites (tertiary alicyclic amines) is 2. The molecule has 1 aromatic rings. The minimum atomic E-state index is -0.504. The summed E-state index contributed by atoms with van der Waals surface area (Å²) in [5.74, 6) is 0.174. The third-order valence-electron chi connectivity index (χ3n) is 5.36. The number of nitrogens with zero attached hydrogens (tertiary/aromatic N) is 2. The van der Waals surface area contributed by atoms with E-state index in [4.69, 9.17) is 0 Å². The first-order chi connectivity index (χ1) is 11.4. The van der Waals surface area contributed by atoms with Crippen molar-refractivity contribution in [1.29, 1.82) is 0 Å². The van der Waals surface area contributed by atoms with Crippen LogP contribution in [-0.2, 0) is 15.0 Å². The highest BCUT2D eigenvalue weighted by Crippen LogP contribution is 2.41. The van der Waals surface area contributed by atoms with Crippen LogP contribution in [-0.4, -0.2) is 47.8 Å². The van der Waals surface area contributed by atoms with Crippen molar-refractivity contribution in [2.75, 3.05) is 26.2 Å². The van der Waals surface area contributed by atoms with E-state index in [1.165, 1.54) is 6.08 Å². The highest BCUT2D eigenvalue weighted by molar-refractivity contribution is 5.90. The fourth-order valence-electron chi connectivity index (χ4n) is 4.05. The molecule has 24 heavy (non-hydrogen) atoms. The Hall–Kier alpha value is -2.10. The van der Waals surface area contributed by atoms with Crippen LogP contribution in [0.15, 0.2) is 43.0 Å². The van der Waals surface area contributed by atoms with Crippen molar-refractivity contribution in [2.45, 2.75) is 32.1 Å². The Morgan fingerprint density at radius 3 is 2.12 bits per heavy atom. The van der Waals surface area contributed by atoms with E-state index in [1.54, 1.807) is 4.90 Å². The van der Waals surface area contributed by atoms with Crippen molar-refractivity contribution < 1.29 is 9.59 Å². The minimum absolute atomic E-state index is 0.0470. The number of amides is 2. The first-order valence-electron chi connectivity index (χ1n) is 8.64. The number of benzene rings is 1. The van der Waals surface area contributed by atoms with Crippen LogP contribution < -0.4 is 0 Å². The van der Waals surface area contributed by atoms with E-state index >= 15 is 0 Å². The van der Waals surface area contributed by atoms with Crippen LogP contribution in [0.25, 0.3) is 0 Å². The third kappa shape index (κ3) is 2.85. The molecule has 0 spiro atoms. The fourth-order valence-corrected chi connectivity index (χ4v) is 4.05. The molecule has 2 aliphatic heterocycles. The molecule has 4 nitrogen and oxygen atoms in total. The van der Waals surface area contributed by atoms with Crippen LogP contribution in [0, 0.1) is 5.41 Å². The van der Waals surface area contributed by atoms with Crippen molar-refractivity contribution in [3.8, 4) is 0 Å². The lowest BCUT2D eigenvalue weighted by Crippen LogP contribution is -2.62. The van der Waals surface area contributed by atoms with Gasteiger partial charge >= 0.3 is 0 Å². The molecule has 3 rings (SSSR count). The molecule has 1 aromatic carbocycles.